The number of hydrogen-bond donors (Lipinski definition) is 2. The number of nitrogens with zero attached hydrogens (tertiary/aromatic N) is 1. The van der Waals surface area contributed by atoms with Crippen molar-refractivity contribution in [1.29, 1.82) is 0 Å². The molecule has 1 atom stereocenters. The quantitative estimate of drug-likeness (QED) is 0.787. The molecule has 17 heavy (non-hydrogen) atoms. The van der Waals surface area contributed by atoms with Gasteiger partial charge in [-0.2, -0.15) is 0 Å². The van der Waals surface area contributed by atoms with Gasteiger partial charge in [0, 0.05) is 25.7 Å². The fourth-order valence-electron chi connectivity index (χ4n) is 2.86. The Labute approximate surface area is 104 Å². The van der Waals surface area contributed by atoms with E-state index in [1.54, 1.807) is 0 Å². The second-order valence-corrected chi connectivity index (χ2v) is 5.46. The van der Waals surface area contributed by atoms with Crippen molar-refractivity contribution in [3.05, 3.63) is 0 Å². The molecule has 1 unspecified atom stereocenters. The molecule has 2 rings (SSSR count). The summed E-state index contributed by atoms with van der Waals surface area (Å²) in [7, 11) is 1.90. The summed E-state index contributed by atoms with van der Waals surface area (Å²) in [5.41, 5.74) is 0. The number of likely N-dealkylation sites (N-methyl/N-ethyl adjacent to an activating group) is 1. The highest BCUT2D eigenvalue weighted by molar-refractivity contribution is 5.74. The molecule has 1 heterocycles. The zero-order chi connectivity index (χ0) is 12.1. The second kappa shape index (κ2) is 6.24. The van der Waals surface area contributed by atoms with Crippen LogP contribution in [0.2, 0.25) is 0 Å². The zero-order valence-electron chi connectivity index (χ0n) is 10.9. The van der Waals surface area contributed by atoms with Gasteiger partial charge in [-0.25, -0.2) is 4.79 Å². The summed E-state index contributed by atoms with van der Waals surface area (Å²) in [6, 6.07) is 1.01. The van der Waals surface area contributed by atoms with Crippen LogP contribution in [0.15, 0.2) is 0 Å². The van der Waals surface area contributed by atoms with Crippen molar-refractivity contribution in [2.75, 3.05) is 20.1 Å². The number of carbonyl (C=O) groups is 1. The molecule has 1 saturated carbocycles. The molecule has 98 valence electrons. The van der Waals surface area contributed by atoms with Crippen molar-refractivity contribution in [1.82, 2.24) is 15.5 Å². The van der Waals surface area contributed by atoms with Gasteiger partial charge < -0.3 is 15.5 Å². The molecule has 4 nitrogen and oxygen atoms in total. The van der Waals surface area contributed by atoms with Gasteiger partial charge in [0.05, 0.1) is 0 Å². The Balaban J connectivity index is 1.70. The first-order valence-electron chi connectivity index (χ1n) is 7.01. The van der Waals surface area contributed by atoms with E-state index in [2.05, 4.69) is 10.6 Å². The minimum absolute atomic E-state index is 0.102. The second-order valence-electron chi connectivity index (χ2n) is 5.46. The summed E-state index contributed by atoms with van der Waals surface area (Å²) in [5.74, 6) is 0. The molecule has 1 aliphatic carbocycles. The Kier molecular flexibility index (Phi) is 4.66. The van der Waals surface area contributed by atoms with Crippen LogP contribution in [0.1, 0.15) is 44.9 Å². The zero-order valence-corrected chi connectivity index (χ0v) is 10.9. The van der Waals surface area contributed by atoms with Crippen LogP contribution in [0.25, 0.3) is 0 Å². The van der Waals surface area contributed by atoms with Crippen molar-refractivity contribution >= 4 is 6.03 Å². The standard InChI is InChI=1S/C13H25N3O/c1-16(10-12-8-5-9-14-12)13(17)15-11-6-3-2-4-7-11/h11-12,14H,2-10H2,1H3,(H,15,17). The normalized spacial score (nSPS) is 25.8. The molecule has 0 bridgehead atoms. The molecule has 0 aromatic rings. The van der Waals surface area contributed by atoms with E-state index in [9.17, 15) is 4.79 Å². The van der Waals surface area contributed by atoms with E-state index in [0.717, 1.165) is 25.9 Å². The van der Waals surface area contributed by atoms with Crippen molar-refractivity contribution < 1.29 is 4.79 Å². The lowest BCUT2D eigenvalue weighted by atomic mass is 9.96. The van der Waals surface area contributed by atoms with Crippen molar-refractivity contribution in [2.45, 2.75) is 57.0 Å². The lowest BCUT2D eigenvalue weighted by Crippen LogP contribution is -2.47. The van der Waals surface area contributed by atoms with E-state index >= 15 is 0 Å². The van der Waals surface area contributed by atoms with Gasteiger partial charge in [0.1, 0.15) is 0 Å². The highest BCUT2D eigenvalue weighted by Gasteiger charge is 2.21. The molecule has 0 aromatic heterocycles. The molecular formula is C13H25N3O. The molecule has 2 aliphatic rings. The highest BCUT2D eigenvalue weighted by Crippen LogP contribution is 2.17. The number of carbonyl (C=O) groups excluding carboxylic acids is 1. The molecular weight excluding hydrogens is 214 g/mol. The maximum absolute atomic E-state index is 12.0. The summed E-state index contributed by atoms with van der Waals surface area (Å²) >= 11 is 0. The van der Waals surface area contributed by atoms with Crippen molar-refractivity contribution in [3.8, 4) is 0 Å². The molecule has 2 fully saturated rings. The average Bonchev–Trinajstić information content (AvgIpc) is 2.83. The van der Waals surface area contributed by atoms with Gasteiger partial charge >= 0.3 is 6.03 Å². The third-order valence-electron chi connectivity index (χ3n) is 3.94. The Hall–Kier alpha value is -0.770. The van der Waals surface area contributed by atoms with E-state index < -0.39 is 0 Å². The topological polar surface area (TPSA) is 44.4 Å². The molecule has 4 heteroatoms. The van der Waals surface area contributed by atoms with Gasteiger partial charge in [-0.15, -0.1) is 0 Å². The van der Waals surface area contributed by atoms with Gasteiger partial charge in [-0.1, -0.05) is 19.3 Å². The smallest absolute Gasteiger partial charge is 0.317 e. The first-order chi connectivity index (χ1) is 8.25. The molecule has 2 amide bonds. The summed E-state index contributed by atoms with van der Waals surface area (Å²) in [6.07, 6.45) is 8.60. The minimum Gasteiger partial charge on any atom is -0.335 e. The molecule has 2 N–H and O–H groups in total. The van der Waals surface area contributed by atoms with Crippen LogP contribution in [0.4, 0.5) is 4.79 Å². The first kappa shape index (κ1) is 12.7. The summed E-state index contributed by atoms with van der Waals surface area (Å²) in [6.45, 7) is 1.93. The highest BCUT2D eigenvalue weighted by atomic mass is 16.2. The summed E-state index contributed by atoms with van der Waals surface area (Å²) < 4.78 is 0. The van der Waals surface area contributed by atoms with E-state index in [1.807, 2.05) is 11.9 Å². The number of urea groups is 1. The Morgan fingerprint density at radius 2 is 2.00 bits per heavy atom. The van der Waals surface area contributed by atoms with E-state index in [4.69, 9.17) is 0 Å². The Morgan fingerprint density at radius 3 is 2.65 bits per heavy atom. The fourth-order valence-corrected chi connectivity index (χ4v) is 2.86. The molecule has 1 aliphatic heterocycles. The summed E-state index contributed by atoms with van der Waals surface area (Å²) in [4.78, 5) is 13.8. The molecule has 0 radical (unpaired) electrons. The van der Waals surface area contributed by atoms with E-state index in [-0.39, 0.29) is 6.03 Å². The Morgan fingerprint density at radius 1 is 1.24 bits per heavy atom. The van der Waals surface area contributed by atoms with Crippen LogP contribution in [0.3, 0.4) is 0 Å². The van der Waals surface area contributed by atoms with E-state index in [0.29, 0.717) is 12.1 Å². The monoisotopic (exact) mass is 239 g/mol. The predicted octanol–water partition coefficient (Wildman–Crippen LogP) is 1.71. The van der Waals surface area contributed by atoms with Gasteiger partial charge in [0.25, 0.3) is 0 Å². The predicted molar refractivity (Wildman–Crippen MR) is 69.1 cm³/mol. The maximum atomic E-state index is 12.0. The van der Waals surface area contributed by atoms with Crippen LogP contribution in [-0.2, 0) is 0 Å². The molecule has 1 saturated heterocycles. The van der Waals surface area contributed by atoms with Gasteiger partial charge in [-0.3, -0.25) is 0 Å². The molecule has 0 aromatic carbocycles. The largest absolute Gasteiger partial charge is 0.335 e. The van der Waals surface area contributed by atoms with Gasteiger partial charge in [-0.05, 0) is 32.2 Å². The lowest BCUT2D eigenvalue weighted by Gasteiger charge is -2.27. The fraction of sp³-hybridized carbons (Fsp3) is 0.923. The van der Waals surface area contributed by atoms with Crippen molar-refractivity contribution in [3.63, 3.8) is 0 Å². The number of nitrogens with one attached hydrogen (secondary N) is 2. The summed E-state index contributed by atoms with van der Waals surface area (Å²) in [5, 5.41) is 6.58. The average molecular weight is 239 g/mol. The Bertz CT molecular complexity index is 245. The maximum Gasteiger partial charge on any atom is 0.317 e. The van der Waals surface area contributed by atoms with Crippen molar-refractivity contribution in [2.24, 2.45) is 0 Å². The number of amides is 2. The third-order valence-corrected chi connectivity index (χ3v) is 3.94. The first-order valence-corrected chi connectivity index (χ1v) is 7.01. The number of hydrogen-bond acceptors (Lipinski definition) is 2. The SMILES string of the molecule is CN(CC1CCCN1)C(=O)NC1CCCCC1. The van der Waals surface area contributed by atoms with Crippen LogP contribution >= 0.6 is 0 Å². The van der Waals surface area contributed by atoms with Crippen LogP contribution < -0.4 is 10.6 Å². The van der Waals surface area contributed by atoms with Crippen LogP contribution in [-0.4, -0.2) is 43.2 Å². The van der Waals surface area contributed by atoms with Gasteiger partial charge in [0.2, 0.25) is 0 Å². The molecule has 0 spiro atoms. The lowest BCUT2D eigenvalue weighted by molar-refractivity contribution is 0.196. The van der Waals surface area contributed by atoms with Crippen LogP contribution in [0.5, 0.6) is 0 Å². The third kappa shape index (κ3) is 3.87. The van der Waals surface area contributed by atoms with Gasteiger partial charge in [0.15, 0.2) is 0 Å². The number of rotatable bonds is 3. The minimum atomic E-state index is 0.102. The van der Waals surface area contributed by atoms with Crippen LogP contribution in [0, 0.1) is 0 Å². The van der Waals surface area contributed by atoms with E-state index in [1.165, 1.54) is 32.1 Å².